The van der Waals surface area contributed by atoms with E-state index in [0.717, 1.165) is 19.8 Å². The van der Waals surface area contributed by atoms with E-state index in [4.69, 9.17) is 34.6 Å². The molecule has 0 aliphatic carbocycles. The minimum atomic E-state index is -5.39. The minimum absolute atomic E-state index is 0.190. The first-order valence-corrected chi connectivity index (χ1v) is 7.16. The van der Waals surface area contributed by atoms with Gasteiger partial charge in [-0.15, -0.1) is 0 Å². The molecule has 3 heterocycles. The lowest BCUT2D eigenvalue weighted by Crippen LogP contribution is -2.24. The lowest BCUT2D eigenvalue weighted by atomic mass is 10.5. The highest BCUT2D eigenvalue weighted by atomic mass is 31.2. The first-order chi connectivity index (χ1) is 9.30. The maximum Gasteiger partial charge on any atom is 0.104 e. The van der Waals surface area contributed by atoms with Crippen molar-refractivity contribution in [3.63, 3.8) is 0 Å². The van der Waals surface area contributed by atoms with Gasteiger partial charge in [0.05, 0.1) is 39.6 Å². The molecule has 0 aromatic rings. The van der Waals surface area contributed by atoms with Crippen LogP contribution < -0.4 is 14.7 Å². The standard InChI is InChI=1S/3C3H6O2.H3O4P/c3*4-1-3-2-5-3;1-5(2,3)4/h3*3-4H,1-2H2;(H3,1,2,3,4)/p-3. The van der Waals surface area contributed by atoms with E-state index in [1.807, 2.05) is 0 Å². The number of phosphoric acid groups is 1. The van der Waals surface area contributed by atoms with Gasteiger partial charge in [-0.25, -0.2) is 0 Å². The van der Waals surface area contributed by atoms with Crippen molar-refractivity contribution in [2.24, 2.45) is 0 Å². The van der Waals surface area contributed by atoms with Crippen molar-refractivity contribution in [3.8, 4) is 0 Å². The van der Waals surface area contributed by atoms with Crippen LogP contribution in [0.15, 0.2) is 0 Å². The van der Waals surface area contributed by atoms with E-state index >= 15 is 0 Å². The number of rotatable bonds is 3. The van der Waals surface area contributed by atoms with Crippen LogP contribution in [0.4, 0.5) is 0 Å². The van der Waals surface area contributed by atoms with Crippen molar-refractivity contribution in [3.05, 3.63) is 0 Å². The van der Waals surface area contributed by atoms with Crippen LogP contribution in [-0.4, -0.2) is 73.3 Å². The molecular formula is C9H18O10P-3. The van der Waals surface area contributed by atoms with Crippen molar-refractivity contribution >= 4 is 7.82 Å². The van der Waals surface area contributed by atoms with Gasteiger partial charge in [-0.1, -0.05) is 0 Å². The van der Waals surface area contributed by atoms with Gasteiger partial charge < -0.3 is 48.8 Å². The van der Waals surface area contributed by atoms with Crippen LogP contribution in [0.5, 0.6) is 0 Å². The van der Waals surface area contributed by atoms with Crippen molar-refractivity contribution in [1.29, 1.82) is 0 Å². The normalized spacial score (nSPS) is 28.6. The fourth-order valence-electron chi connectivity index (χ4n) is 0.520. The Bertz CT molecular complexity index is 233. The lowest BCUT2D eigenvalue weighted by molar-refractivity contribution is -0.432. The highest BCUT2D eigenvalue weighted by Gasteiger charge is 2.20. The summed E-state index contributed by atoms with van der Waals surface area (Å²) in [7, 11) is -5.39. The SMILES string of the molecule is O=P([O-])([O-])[O-].OCC1CO1.OCC1CO1.OCC1CO1. The van der Waals surface area contributed by atoms with Gasteiger partial charge in [0.15, 0.2) is 0 Å². The predicted molar refractivity (Wildman–Crippen MR) is 58.1 cm³/mol. The molecule has 0 aromatic carbocycles. The summed E-state index contributed by atoms with van der Waals surface area (Å²) in [4.78, 5) is 25.6. The molecule has 0 radical (unpaired) electrons. The van der Waals surface area contributed by atoms with Crippen LogP contribution in [0.25, 0.3) is 0 Å². The molecule has 0 spiro atoms. The first-order valence-electron chi connectivity index (χ1n) is 5.70. The van der Waals surface area contributed by atoms with E-state index in [9.17, 15) is 0 Å². The molecule has 0 bridgehead atoms. The Hall–Kier alpha value is -0.130. The van der Waals surface area contributed by atoms with Crippen molar-refractivity contribution in [2.75, 3.05) is 39.6 Å². The number of hydrogen-bond donors (Lipinski definition) is 3. The molecule has 0 aromatic heterocycles. The summed E-state index contributed by atoms with van der Waals surface area (Å²) in [5, 5.41) is 24.2. The Morgan fingerprint density at radius 1 is 0.800 bits per heavy atom. The molecule has 10 nitrogen and oxygen atoms in total. The van der Waals surface area contributed by atoms with Gasteiger partial charge >= 0.3 is 0 Å². The molecule has 3 aliphatic rings. The average Bonchev–Trinajstić information content (AvgIpc) is 3.26. The zero-order valence-corrected chi connectivity index (χ0v) is 11.5. The third kappa shape index (κ3) is 23.0. The van der Waals surface area contributed by atoms with Gasteiger partial charge in [0.2, 0.25) is 0 Å². The zero-order valence-electron chi connectivity index (χ0n) is 10.6. The Morgan fingerprint density at radius 3 is 0.950 bits per heavy atom. The number of ether oxygens (including phenoxy) is 3. The van der Waals surface area contributed by atoms with Crippen molar-refractivity contribution in [2.45, 2.75) is 18.3 Å². The lowest BCUT2D eigenvalue weighted by Gasteiger charge is -2.36. The van der Waals surface area contributed by atoms with E-state index < -0.39 is 7.82 Å². The molecule has 3 atom stereocenters. The number of hydrogen-bond acceptors (Lipinski definition) is 10. The van der Waals surface area contributed by atoms with E-state index in [2.05, 4.69) is 14.2 Å². The van der Waals surface area contributed by atoms with Crippen LogP contribution in [-0.2, 0) is 18.8 Å². The second kappa shape index (κ2) is 10.6. The second-order valence-electron chi connectivity index (χ2n) is 3.86. The summed E-state index contributed by atoms with van der Waals surface area (Å²) in [6.07, 6.45) is 0.569. The monoisotopic (exact) mass is 317 g/mol. The quantitative estimate of drug-likeness (QED) is 0.337. The highest BCUT2D eigenvalue weighted by molar-refractivity contribution is 7.40. The number of aliphatic hydroxyl groups is 3. The largest absolute Gasteiger partial charge is 0.822 e. The van der Waals surface area contributed by atoms with E-state index in [0.29, 0.717) is 0 Å². The summed E-state index contributed by atoms with van der Waals surface area (Å²) in [5.74, 6) is 0. The highest BCUT2D eigenvalue weighted by Crippen LogP contribution is 2.05. The maximum absolute atomic E-state index is 8.55. The molecule has 3 rings (SSSR count). The van der Waals surface area contributed by atoms with E-state index in [1.165, 1.54) is 0 Å². The van der Waals surface area contributed by atoms with Gasteiger partial charge in [-0.3, -0.25) is 0 Å². The molecule has 122 valence electrons. The zero-order chi connectivity index (χ0) is 15.6. The summed E-state index contributed by atoms with van der Waals surface area (Å²) < 4.78 is 22.4. The minimum Gasteiger partial charge on any atom is -0.822 e. The van der Waals surface area contributed by atoms with Gasteiger partial charge in [0, 0.05) is 0 Å². The predicted octanol–water partition coefficient (Wildman–Crippen LogP) is -4.69. The van der Waals surface area contributed by atoms with Crippen molar-refractivity contribution in [1.82, 2.24) is 0 Å². The topological polar surface area (TPSA) is 185 Å². The summed E-state index contributed by atoms with van der Waals surface area (Å²) in [5.41, 5.74) is 0. The molecule has 0 amide bonds. The molecule has 3 aliphatic heterocycles. The summed E-state index contributed by atoms with van der Waals surface area (Å²) >= 11 is 0. The Morgan fingerprint density at radius 2 is 0.950 bits per heavy atom. The fraction of sp³-hybridized carbons (Fsp3) is 1.00. The van der Waals surface area contributed by atoms with Crippen LogP contribution in [0, 0.1) is 0 Å². The Balaban J connectivity index is 0.000000241. The average molecular weight is 317 g/mol. The van der Waals surface area contributed by atoms with Crippen LogP contribution in [0.2, 0.25) is 0 Å². The van der Waals surface area contributed by atoms with Gasteiger partial charge in [-0.05, 0) is 0 Å². The maximum atomic E-state index is 8.55. The summed E-state index contributed by atoms with van der Waals surface area (Å²) in [6, 6.07) is 0. The Labute approximate surface area is 115 Å². The van der Waals surface area contributed by atoms with E-state index in [-0.39, 0.29) is 38.1 Å². The third-order valence-corrected chi connectivity index (χ3v) is 1.82. The Kier molecular flexibility index (Phi) is 10.5. The van der Waals surface area contributed by atoms with Crippen molar-refractivity contribution < 1.29 is 48.8 Å². The molecular weight excluding hydrogens is 299 g/mol. The third-order valence-electron chi connectivity index (χ3n) is 1.82. The van der Waals surface area contributed by atoms with Crippen LogP contribution in [0.1, 0.15) is 0 Å². The molecule has 20 heavy (non-hydrogen) atoms. The molecule has 3 fully saturated rings. The van der Waals surface area contributed by atoms with Gasteiger partial charge in [0.1, 0.15) is 18.3 Å². The molecule has 0 saturated carbocycles. The van der Waals surface area contributed by atoms with Gasteiger partial charge in [-0.2, -0.15) is 7.82 Å². The van der Waals surface area contributed by atoms with Gasteiger partial charge in [0.25, 0.3) is 0 Å². The fourth-order valence-corrected chi connectivity index (χ4v) is 0.520. The summed E-state index contributed by atoms with van der Waals surface area (Å²) in [6.45, 7) is 2.86. The molecule has 11 heteroatoms. The molecule has 3 saturated heterocycles. The molecule has 3 N–H and O–H groups in total. The first kappa shape index (κ1) is 19.9. The second-order valence-corrected chi connectivity index (χ2v) is 4.76. The number of aliphatic hydroxyl groups excluding tert-OH is 3. The van der Waals surface area contributed by atoms with E-state index in [1.54, 1.807) is 0 Å². The van der Waals surface area contributed by atoms with Crippen LogP contribution >= 0.6 is 7.82 Å². The number of epoxide rings is 3. The smallest absolute Gasteiger partial charge is 0.104 e. The molecule has 3 unspecified atom stereocenters. The van der Waals surface area contributed by atoms with Crippen LogP contribution in [0.3, 0.4) is 0 Å².